The van der Waals surface area contributed by atoms with Gasteiger partial charge in [0.25, 0.3) is 0 Å². The summed E-state index contributed by atoms with van der Waals surface area (Å²) in [6.45, 7) is 1.75. The molecule has 0 aliphatic carbocycles. The van der Waals surface area contributed by atoms with Gasteiger partial charge in [-0.05, 0) is 17.7 Å². The summed E-state index contributed by atoms with van der Waals surface area (Å²) < 4.78 is 12.7. The Balaban J connectivity index is 2.03. The lowest BCUT2D eigenvalue weighted by Crippen LogP contribution is -2.30. The normalized spacial score (nSPS) is 13.6. The van der Waals surface area contributed by atoms with Crippen molar-refractivity contribution in [1.29, 1.82) is 0 Å². The monoisotopic (exact) mass is 273 g/mol. The van der Waals surface area contributed by atoms with Gasteiger partial charge in [-0.15, -0.1) is 0 Å². The van der Waals surface area contributed by atoms with Gasteiger partial charge < -0.3 is 11.1 Å². The minimum atomic E-state index is -0.447. The lowest BCUT2D eigenvalue weighted by Gasteiger charge is -2.19. The minimum Gasteiger partial charge on any atom is -0.323 e. The van der Waals surface area contributed by atoms with Crippen LogP contribution in [-0.2, 0) is 4.79 Å². The number of carbonyl (C=O) groups is 1. The van der Waals surface area contributed by atoms with Gasteiger partial charge in [0.15, 0.2) is 0 Å². The Morgan fingerprint density at radius 1 is 1.25 bits per heavy atom. The van der Waals surface area contributed by atoms with Crippen molar-refractivity contribution in [2.24, 2.45) is 11.7 Å². The van der Waals surface area contributed by atoms with Gasteiger partial charge in [-0.2, -0.15) is 0 Å². The topological polar surface area (TPSA) is 68.0 Å². The lowest BCUT2D eigenvalue weighted by molar-refractivity contribution is -0.120. The molecule has 1 amide bonds. The largest absolute Gasteiger partial charge is 0.323 e. The van der Waals surface area contributed by atoms with Gasteiger partial charge in [-0.3, -0.25) is 4.79 Å². The van der Waals surface area contributed by atoms with Crippen molar-refractivity contribution in [2.75, 3.05) is 5.32 Å². The first kappa shape index (κ1) is 14.1. The summed E-state index contributed by atoms with van der Waals surface area (Å²) >= 11 is 0. The maximum Gasteiger partial charge on any atom is 0.230 e. The van der Waals surface area contributed by atoms with E-state index < -0.39 is 17.8 Å². The van der Waals surface area contributed by atoms with Gasteiger partial charge in [-0.1, -0.05) is 37.3 Å². The van der Waals surface area contributed by atoms with E-state index >= 15 is 0 Å². The van der Waals surface area contributed by atoms with E-state index in [1.807, 2.05) is 30.3 Å². The first-order valence-electron chi connectivity index (χ1n) is 6.31. The highest BCUT2D eigenvalue weighted by atomic mass is 19.1. The molecule has 5 heteroatoms. The predicted octanol–water partition coefficient (Wildman–Crippen LogP) is 2.50. The number of pyridine rings is 1. The Morgan fingerprint density at radius 2 is 1.95 bits per heavy atom. The van der Waals surface area contributed by atoms with Crippen molar-refractivity contribution >= 4 is 11.7 Å². The van der Waals surface area contributed by atoms with Crippen LogP contribution in [0, 0.1) is 11.7 Å². The number of hydrogen-bond acceptors (Lipinski definition) is 3. The molecule has 1 aromatic carbocycles. The van der Waals surface area contributed by atoms with Gasteiger partial charge >= 0.3 is 0 Å². The summed E-state index contributed by atoms with van der Waals surface area (Å²) in [7, 11) is 0. The molecule has 2 atom stereocenters. The Bertz CT molecular complexity index is 571. The van der Waals surface area contributed by atoms with Crippen LogP contribution in [0.25, 0.3) is 0 Å². The molecule has 0 fully saturated rings. The third kappa shape index (κ3) is 3.39. The predicted molar refractivity (Wildman–Crippen MR) is 75.4 cm³/mol. The third-order valence-electron chi connectivity index (χ3n) is 3.12. The number of nitrogens with two attached hydrogens (primary N) is 1. The molecule has 0 aliphatic rings. The molecule has 20 heavy (non-hydrogen) atoms. The van der Waals surface area contributed by atoms with E-state index in [0.29, 0.717) is 5.82 Å². The smallest absolute Gasteiger partial charge is 0.230 e. The second-order valence-corrected chi connectivity index (χ2v) is 4.58. The summed E-state index contributed by atoms with van der Waals surface area (Å²) in [6, 6.07) is 11.6. The fourth-order valence-corrected chi connectivity index (χ4v) is 1.82. The summed E-state index contributed by atoms with van der Waals surface area (Å²) in [4.78, 5) is 15.9. The van der Waals surface area contributed by atoms with Crippen LogP contribution in [0.3, 0.4) is 0 Å². The van der Waals surface area contributed by atoms with Gasteiger partial charge in [0.2, 0.25) is 5.91 Å². The Labute approximate surface area is 116 Å². The Hall–Kier alpha value is -2.27. The van der Waals surface area contributed by atoms with Crippen molar-refractivity contribution in [3.05, 3.63) is 60.0 Å². The summed E-state index contributed by atoms with van der Waals surface area (Å²) in [5.41, 5.74) is 6.97. The van der Waals surface area contributed by atoms with E-state index in [9.17, 15) is 9.18 Å². The molecule has 0 saturated heterocycles. The highest BCUT2D eigenvalue weighted by Gasteiger charge is 2.22. The van der Waals surface area contributed by atoms with E-state index in [-0.39, 0.29) is 5.91 Å². The number of rotatable bonds is 4. The highest BCUT2D eigenvalue weighted by molar-refractivity contribution is 5.91. The molecule has 2 aromatic rings. The Morgan fingerprint density at radius 3 is 2.55 bits per heavy atom. The SMILES string of the molecule is CC(C(=O)Nc1ccc(F)cn1)C(N)c1ccccc1. The van der Waals surface area contributed by atoms with Crippen LogP contribution < -0.4 is 11.1 Å². The summed E-state index contributed by atoms with van der Waals surface area (Å²) in [5.74, 6) is -0.815. The van der Waals surface area contributed by atoms with E-state index in [0.717, 1.165) is 11.8 Å². The van der Waals surface area contributed by atoms with E-state index in [2.05, 4.69) is 10.3 Å². The van der Waals surface area contributed by atoms with Crippen molar-refractivity contribution in [3.8, 4) is 0 Å². The molecule has 3 N–H and O–H groups in total. The van der Waals surface area contributed by atoms with E-state index in [1.54, 1.807) is 6.92 Å². The zero-order valence-corrected chi connectivity index (χ0v) is 11.1. The van der Waals surface area contributed by atoms with Gasteiger partial charge in [0, 0.05) is 6.04 Å². The molecular formula is C15H16FN3O. The first-order chi connectivity index (χ1) is 9.58. The molecule has 104 valence electrons. The average molecular weight is 273 g/mol. The molecule has 4 nitrogen and oxygen atoms in total. The van der Waals surface area contributed by atoms with Crippen molar-refractivity contribution in [1.82, 2.24) is 4.98 Å². The van der Waals surface area contributed by atoms with Crippen LogP contribution in [0.4, 0.5) is 10.2 Å². The van der Waals surface area contributed by atoms with Crippen LogP contribution in [0.1, 0.15) is 18.5 Å². The van der Waals surface area contributed by atoms with Crippen LogP contribution >= 0.6 is 0 Å². The number of anilines is 1. The molecule has 1 aromatic heterocycles. The van der Waals surface area contributed by atoms with Gasteiger partial charge in [0.05, 0.1) is 12.1 Å². The molecular weight excluding hydrogens is 257 g/mol. The maximum absolute atomic E-state index is 12.7. The molecule has 0 aliphatic heterocycles. The van der Waals surface area contributed by atoms with Gasteiger partial charge in [-0.25, -0.2) is 9.37 Å². The Kier molecular flexibility index (Phi) is 4.42. The quantitative estimate of drug-likeness (QED) is 0.899. The number of halogens is 1. The van der Waals surface area contributed by atoms with Crippen LogP contribution in [-0.4, -0.2) is 10.9 Å². The average Bonchev–Trinajstić information content (AvgIpc) is 2.49. The van der Waals surface area contributed by atoms with Crippen molar-refractivity contribution in [2.45, 2.75) is 13.0 Å². The minimum absolute atomic E-state index is 0.250. The number of benzene rings is 1. The number of nitrogens with zero attached hydrogens (tertiary/aromatic N) is 1. The highest BCUT2D eigenvalue weighted by Crippen LogP contribution is 2.20. The number of nitrogens with one attached hydrogen (secondary N) is 1. The second-order valence-electron chi connectivity index (χ2n) is 4.58. The molecule has 0 saturated carbocycles. The molecule has 0 bridgehead atoms. The fourth-order valence-electron chi connectivity index (χ4n) is 1.82. The standard InChI is InChI=1S/C15H16FN3O/c1-10(14(17)11-5-3-2-4-6-11)15(20)19-13-8-7-12(16)9-18-13/h2-10,14H,17H2,1H3,(H,18,19,20). The van der Waals surface area contributed by atoms with Gasteiger partial charge in [0.1, 0.15) is 11.6 Å². The van der Waals surface area contributed by atoms with Crippen LogP contribution in [0.15, 0.2) is 48.7 Å². The first-order valence-corrected chi connectivity index (χ1v) is 6.31. The fraction of sp³-hybridized carbons (Fsp3) is 0.200. The van der Waals surface area contributed by atoms with E-state index in [1.165, 1.54) is 12.1 Å². The molecule has 2 unspecified atom stereocenters. The number of hydrogen-bond donors (Lipinski definition) is 2. The zero-order chi connectivity index (χ0) is 14.5. The van der Waals surface area contributed by atoms with Crippen LogP contribution in [0.5, 0.6) is 0 Å². The molecule has 0 radical (unpaired) electrons. The molecule has 1 heterocycles. The zero-order valence-electron chi connectivity index (χ0n) is 11.1. The maximum atomic E-state index is 12.7. The number of amides is 1. The molecule has 2 rings (SSSR count). The molecule has 0 spiro atoms. The second kappa shape index (κ2) is 6.25. The number of aromatic nitrogens is 1. The lowest BCUT2D eigenvalue weighted by atomic mass is 9.95. The van der Waals surface area contributed by atoms with Crippen molar-refractivity contribution in [3.63, 3.8) is 0 Å². The van der Waals surface area contributed by atoms with Crippen molar-refractivity contribution < 1.29 is 9.18 Å². The summed E-state index contributed by atoms with van der Waals surface area (Å²) in [6.07, 6.45) is 1.05. The third-order valence-corrected chi connectivity index (χ3v) is 3.12. The summed E-state index contributed by atoms with van der Waals surface area (Å²) in [5, 5.41) is 2.62. The van der Waals surface area contributed by atoms with Crippen LogP contribution in [0.2, 0.25) is 0 Å². The number of carbonyl (C=O) groups excluding carboxylic acids is 1. The van der Waals surface area contributed by atoms with E-state index in [4.69, 9.17) is 5.73 Å².